The van der Waals surface area contributed by atoms with Gasteiger partial charge in [-0.15, -0.1) is 0 Å². The summed E-state index contributed by atoms with van der Waals surface area (Å²) >= 11 is 0. The fraction of sp³-hybridized carbons (Fsp3) is 0.211. The highest BCUT2D eigenvalue weighted by Gasteiger charge is 2.19. The topological polar surface area (TPSA) is 82.4 Å². The highest BCUT2D eigenvalue weighted by Crippen LogP contribution is 2.29. The van der Waals surface area contributed by atoms with Gasteiger partial charge in [0.15, 0.2) is 0 Å². The molecule has 0 aromatic heterocycles. The molecular formula is C19H19N3O3. The number of benzene rings is 2. The van der Waals surface area contributed by atoms with Crippen molar-refractivity contribution in [3.8, 4) is 11.8 Å². The minimum absolute atomic E-state index is 0.161. The van der Waals surface area contributed by atoms with Gasteiger partial charge < -0.3 is 10.1 Å². The van der Waals surface area contributed by atoms with Gasteiger partial charge in [-0.1, -0.05) is 12.1 Å². The average Bonchev–Trinajstić information content (AvgIpc) is 2.59. The third-order valence-corrected chi connectivity index (χ3v) is 3.58. The fourth-order valence-corrected chi connectivity index (χ4v) is 2.39. The fourth-order valence-electron chi connectivity index (χ4n) is 2.39. The van der Waals surface area contributed by atoms with Crippen LogP contribution < -0.4 is 15.0 Å². The molecule has 2 amide bonds. The number of anilines is 2. The van der Waals surface area contributed by atoms with E-state index in [2.05, 4.69) is 5.32 Å². The van der Waals surface area contributed by atoms with Crippen molar-refractivity contribution in [2.75, 3.05) is 23.9 Å². The van der Waals surface area contributed by atoms with Crippen LogP contribution >= 0.6 is 0 Å². The summed E-state index contributed by atoms with van der Waals surface area (Å²) < 4.78 is 5.30. The molecule has 25 heavy (non-hydrogen) atoms. The molecule has 0 saturated carbocycles. The normalized spacial score (nSPS) is 9.84. The molecule has 0 fully saturated rings. The quantitative estimate of drug-likeness (QED) is 0.909. The third-order valence-electron chi connectivity index (χ3n) is 3.58. The maximum Gasteiger partial charge on any atom is 0.244 e. The first-order chi connectivity index (χ1) is 11.9. The number of rotatable bonds is 5. The predicted molar refractivity (Wildman–Crippen MR) is 95.5 cm³/mol. The van der Waals surface area contributed by atoms with Crippen LogP contribution in [0.4, 0.5) is 11.4 Å². The Morgan fingerprint density at radius 2 is 2.00 bits per heavy atom. The lowest BCUT2D eigenvalue weighted by Crippen LogP contribution is -2.37. The summed E-state index contributed by atoms with van der Waals surface area (Å²) in [6, 6.07) is 14.0. The Morgan fingerprint density at radius 1 is 1.24 bits per heavy atom. The molecule has 0 aliphatic heterocycles. The Hall–Kier alpha value is -3.33. The number of amides is 2. The molecular weight excluding hydrogens is 318 g/mol. The van der Waals surface area contributed by atoms with Gasteiger partial charge in [0.05, 0.1) is 24.4 Å². The Kier molecular flexibility index (Phi) is 5.75. The number of methoxy groups -OCH3 is 1. The minimum Gasteiger partial charge on any atom is -0.495 e. The molecule has 2 aromatic carbocycles. The van der Waals surface area contributed by atoms with Crippen LogP contribution in [0.3, 0.4) is 0 Å². The summed E-state index contributed by atoms with van der Waals surface area (Å²) in [6.07, 6.45) is 0. The van der Waals surface area contributed by atoms with Crippen LogP contribution in [-0.2, 0) is 9.59 Å². The van der Waals surface area contributed by atoms with E-state index in [1.807, 2.05) is 19.1 Å². The minimum atomic E-state index is -0.367. The molecule has 2 aromatic rings. The zero-order valence-corrected chi connectivity index (χ0v) is 14.4. The largest absolute Gasteiger partial charge is 0.495 e. The van der Waals surface area contributed by atoms with Crippen LogP contribution in [0.1, 0.15) is 18.1 Å². The van der Waals surface area contributed by atoms with E-state index in [1.165, 1.54) is 18.9 Å². The van der Waals surface area contributed by atoms with Crippen molar-refractivity contribution in [3.05, 3.63) is 53.6 Å². The van der Waals surface area contributed by atoms with Crippen LogP contribution in [0.15, 0.2) is 42.5 Å². The number of nitriles is 1. The van der Waals surface area contributed by atoms with E-state index in [4.69, 9.17) is 10.00 Å². The van der Waals surface area contributed by atoms with Crippen LogP contribution in [0.5, 0.6) is 5.75 Å². The number of nitrogens with one attached hydrogen (secondary N) is 1. The number of nitrogens with zero attached hydrogens (tertiary/aromatic N) is 2. The van der Waals surface area contributed by atoms with E-state index in [0.29, 0.717) is 22.7 Å². The molecule has 0 unspecified atom stereocenters. The molecule has 0 spiro atoms. The van der Waals surface area contributed by atoms with Crippen LogP contribution in [0.2, 0.25) is 0 Å². The molecule has 6 nitrogen and oxygen atoms in total. The Morgan fingerprint density at radius 3 is 2.64 bits per heavy atom. The summed E-state index contributed by atoms with van der Waals surface area (Å²) in [5.74, 6) is -0.126. The van der Waals surface area contributed by atoms with Gasteiger partial charge >= 0.3 is 0 Å². The lowest BCUT2D eigenvalue weighted by atomic mass is 10.2. The van der Waals surface area contributed by atoms with Gasteiger partial charge in [-0.05, 0) is 42.8 Å². The van der Waals surface area contributed by atoms with E-state index in [-0.39, 0.29) is 18.4 Å². The molecule has 0 atom stereocenters. The van der Waals surface area contributed by atoms with E-state index in [0.717, 1.165) is 5.56 Å². The second kappa shape index (κ2) is 7.97. The smallest absolute Gasteiger partial charge is 0.244 e. The zero-order chi connectivity index (χ0) is 18.4. The van der Waals surface area contributed by atoms with Crippen LogP contribution in [0, 0.1) is 18.3 Å². The van der Waals surface area contributed by atoms with Crippen LogP contribution in [-0.4, -0.2) is 25.5 Å². The standard InChI is InChI=1S/C19H19N3O3/c1-13-7-8-18(25-3)17(9-13)22(14(2)23)12-19(24)21-16-6-4-5-15(10-16)11-20/h4-10H,12H2,1-3H3,(H,21,24). The number of hydrogen-bond donors (Lipinski definition) is 1. The maximum atomic E-state index is 12.4. The van der Waals surface area contributed by atoms with Gasteiger partial charge in [0.2, 0.25) is 11.8 Å². The predicted octanol–water partition coefficient (Wildman–Crippen LogP) is 2.87. The first-order valence-corrected chi connectivity index (χ1v) is 7.67. The van der Waals surface area contributed by atoms with Crippen molar-refractivity contribution in [2.24, 2.45) is 0 Å². The molecule has 128 valence electrons. The van der Waals surface area contributed by atoms with Crippen molar-refractivity contribution in [1.29, 1.82) is 5.26 Å². The molecule has 0 saturated heterocycles. The van der Waals surface area contributed by atoms with Gasteiger partial charge in [0.1, 0.15) is 12.3 Å². The lowest BCUT2D eigenvalue weighted by Gasteiger charge is -2.23. The number of ether oxygens (including phenoxy) is 1. The number of carbonyl (C=O) groups is 2. The van der Waals surface area contributed by atoms with E-state index in [1.54, 1.807) is 36.4 Å². The summed E-state index contributed by atoms with van der Waals surface area (Å²) in [5.41, 5.74) is 2.44. The van der Waals surface area contributed by atoms with Crippen molar-refractivity contribution in [2.45, 2.75) is 13.8 Å². The summed E-state index contributed by atoms with van der Waals surface area (Å²) in [6.45, 7) is 3.13. The Labute approximate surface area is 146 Å². The number of carbonyl (C=O) groups excluding carboxylic acids is 2. The second-order valence-electron chi connectivity index (χ2n) is 5.52. The van der Waals surface area contributed by atoms with Crippen molar-refractivity contribution < 1.29 is 14.3 Å². The Balaban J connectivity index is 2.22. The van der Waals surface area contributed by atoms with Gasteiger partial charge in [-0.3, -0.25) is 14.5 Å². The van der Waals surface area contributed by atoms with Crippen LogP contribution in [0.25, 0.3) is 0 Å². The average molecular weight is 337 g/mol. The Bertz CT molecular complexity index is 840. The van der Waals surface area contributed by atoms with Gasteiger partial charge in [0, 0.05) is 12.6 Å². The molecule has 6 heteroatoms. The highest BCUT2D eigenvalue weighted by atomic mass is 16.5. The first kappa shape index (κ1) is 18.0. The number of aryl methyl sites for hydroxylation is 1. The third kappa shape index (κ3) is 4.58. The van der Waals surface area contributed by atoms with Crippen molar-refractivity contribution in [3.63, 3.8) is 0 Å². The molecule has 0 aliphatic rings. The summed E-state index contributed by atoms with van der Waals surface area (Å²) in [7, 11) is 1.51. The van der Waals surface area contributed by atoms with E-state index in [9.17, 15) is 9.59 Å². The monoisotopic (exact) mass is 337 g/mol. The highest BCUT2D eigenvalue weighted by molar-refractivity contribution is 6.02. The maximum absolute atomic E-state index is 12.4. The van der Waals surface area contributed by atoms with Gasteiger partial charge in [-0.25, -0.2) is 0 Å². The van der Waals surface area contributed by atoms with Crippen molar-refractivity contribution in [1.82, 2.24) is 0 Å². The van der Waals surface area contributed by atoms with Crippen molar-refractivity contribution >= 4 is 23.2 Å². The zero-order valence-electron chi connectivity index (χ0n) is 14.4. The molecule has 0 radical (unpaired) electrons. The molecule has 2 rings (SSSR count). The lowest BCUT2D eigenvalue weighted by molar-refractivity contribution is -0.120. The molecule has 0 bridgehead atoms. The molecule has 0 aliphatic carbocycles. The van der Waals surface area contributed by atoms with Gasteiger partial charge in [0.25, 0.3) is 0 Å². The second-order valence-corrected chi connectivity index (χ2v) is 5.52. The first-order valence-electron chi connectivity index (χ1n) is 7.67. The molecule has 1 N–H and O–H groups in total. The number of hydrogen-bond acceptors (Lipinski definition) is 4. The summed E-state index contributed by atoms with van der Waals surface area (Å²) in [4.78, 5) is 25.8. The van der Waals surface area contributed by atoms with Gasteiger partial charge in [-0.2, -0.15) is 5.26 Å². The molecule has 0 heterocycles. The SMILES string of the molecule is COc1ccc(C)cc1N(CC(=O)Nc1cccc(C#N)c1)C(C)=O. The summed E-state index contributed by atoms with van der Waals surface area (Å²) in [5, 5.41) is 11.6. The van der Waals surface area contributed by atoms with E-state index >= 15 is 0 Å². The van der Waals surface area contributed by atoms with E-state index < -0.39 is 0 Å².